The van der Waals surface area contributed by atoms with Crippen molar-refractivity contribution in [2.75, 3.05) is 19.6 Å². The first kappa shape index (κ1) is 16.8. The first-order chi connectivity index (χ1) is 10.1. The zero-order valence-corrected chi connectivity index (χ0v) is 14.3. The van der Waals surface area contributed by atoms with E-state index in [0.29, 0.717) is 17.9 Å². The molecule has 2 heterocycles. The lowest BCUT2D eigenvalue weighted by Crippen LogP contribution is -2.50. The maximum absolute atomic E-state index is 12.8. The van der Waals surface area contributed by atoms with Crippen molar-refractivity contribution < 1.29 is 4.79 Å². The van der Waals surface area contributed by atoms with E-state index >= 15 is 0 Å². The number of carbonyl (C=O) groups excluding carboxylic acids is 1. The number of likely N-dealkylation sites (tertiary alicyclic amines) is 1. The Morgan fingerprint density at radius 1 is 1.19 bits per heavy atom. The monoisotopic (exact) mass is 295 g/mol. The fourth-order valence-electron chi connectivity index (χ4n) is 3.82. The molecule has 0 spiro atoms. The molecule has 0 aromatic carbocycles. The third-order valence-electron chi connectivity index (χ3n) is 4.95. The molecule has 4 nitrogen and oxygen atoms in total. The third kappa shape index (κ3) is 3.78. The van der Waals surface area contributed by atoms with Crippen molar-refractivity contribution in [2.24, 2.45) is 5.92 Å². The molecular formula is C17H33N3O. The Kier molecular flexibility index (Phi) is 6.06. The van der Waals surface area contributed by atoms with Crippen LogP contribution >= 0.6 is 0 Å². The van der Waals surface area contributed by atoms with Gasteiger partial charge in [0.25, 0.3) is 0 Å². The predicted octanol–water partition coefficient (Wildman–Crippen LogP) is 2.44. The Morgan fingerprint density at radius 3 is 2.38 bits per heavy atom. The summed E-state index contributed by atoms with van der Waals surface area (Å²) in [5.41, 5.74) is 0. The summed E-state index contributed by atoms with van der Waals surface area (Å²) in [5, 5.41) is 3.59. The second-order valence-electron chi connectivity index (χ2n) is 7.01. The largest absolute Gasteiger partial charge is 0.323 e. The van der Waals surface area contributed by atoms with Crippen LogP contribution in [0.3, 0.4) is 0 Å². The number of amides is 1. The summed E-state index contributed by atoms with van der Waals surface area (Å²) in [6.45, 7) is 12.2. The van der Waals surface area contributed by atoms with Crippen LogP contribution in [0.5, 0.6) is 0 Å². The molecule has 0 aliphatic carbocycles. The minimum Gasteiger partial charge on any atom is -0.323 e. The van der Waals surface area contributed by atoms with E-state index in [0.717, 1.165) is 38.8 Å². The van der Waals surface area contributed by atoms with Gasteiger partial charge in [0.05, 0.1) is 12.2 Å². The van der Waals surface area contributed by atoms with Gasteiger partial charge in [0.1, 0.15) is 0 Å². The molecule has 2 aliphatic heterocycles. The molecule has 21 heavy (non-hydrogen) atoms. The van der Waals surface area contributed by atoms with E-state index in [1.807, 2.05) is 0 Å². The molecular weight excluding hydrogens is 262 g/mol. The number of nitrogens with zero attached hydrogens (tertiary/aromatic N) is 2. The Balaban J connectivity index is 2.00. The minimum atomic E-state index is 0.0234. The lowest BCUT2D eigenvalue weighted by atomic mass is 10.0. The van der Waals surface area contributed by atoms with E-state index in [4.69, 9.17) is 0 Å². The maximum atomic E-state index is 12.8. The van der Waals surface area contributed by atoms with Gasteiger partial charge in [-0.25, -0.2) is 0 Å². The fraction of sp³-hybridized carbons (Fsp3) is 0.941. The summed E-state index contributed by atoms with van der Waals surface area (Å²) in [5.74, 6) is 0.722. The van der Waals surface area contributed by atoms with Crippen molar-refractivity contribution in [3.05, 3.63) is 0 Å². The van der Waals surface area contributed by atoms with Crippen molar-refractivity contribution in [1.29, 1.82) is 0 Å². The highest BCUT2D eigenvalue weighted by Gasteiger charge is 2.43. The molecule has 2 atom stereocenters. The highest BCUT2D eigenvalue weighted by Crippen LogP contribution is 2.27. The van der Waals surface area contributed by atoms with Gasteiger partial charge in [0, 0.05) is 19.1 Å². The van der Waals surface area contributed by atoms with Gasteiger partial charge < -0.3 is 9.80 Å². The summed E-state index contributed by atoms with van der Waals surface area (Å²) < 4.78 is 0. The van der Waals surface area contributed by atoms with Crippen molar-refractivity contribution in [1.82, 2.24) is 15.1 Å². The van der Waals surface area contributed by atoms with E-state index in [9.17, 15) is 4.79 Å². The minimum absolute atomic E-state index is 0.0234. The van der Waals surface area contributed by atoms with Crippen LogP contribution < -0.4 is 5.32 Å². The van der Waals surface area contributed by atoms with Crippen LogP contribution in [0.15, 0.2) is 0 Å². The van der Waals surface area contributed by atoms with Gasteiger partial charge in [0.2, 0.25) is 5.91 Å². The molecule has 2 rings (SSSR count). The maximum Gasteiger partial charge on any atom is 0.241 e. The average molecular weight is 295 g/mol. The molecule has 2 aliphatic rings. The molecule has 0 aromatic heterocycles. The number of nitrogens with one attached hydrogen (secondary N) is 1. The van der Waals surface area contributed by atoms with Crippen LogP contribution in [0.4, 0.5) is 0 Å². The number of piperidine rings is 1. The highest BCUT2D eigenvalue weighted by atomic mass is 16.2. The van der Waals surface area contributed by atoms with Gasteiger partial charge in [-0.3, -0.25) is 10.1 Å². The average Bonchev–Trinajstić information content (AvgIpc) is 2.78. The van der Waals surface area contributed by atoms with Crippen molar-refractivity contribution in [3.63, 3.8) is 0 Å². The van der Waals surface area contributed by atoms with E-state index in [1.54, 1.807) is 0 Å². The molecule has 0 saturated carbocycles. The molecule has 4 heteroatoms. The van der Waals surface area contributed by atoms with Crippen LogP contribution in [-0.4, -0.2) is 53.6 Å². The highest BCUT2D eigenvalue weighted by molar-refractivity contribution is 5.85. The molecule has 2 saturated heterocycles. The van der Waals surface area contributed by atoms with Crippen molar-refractivity contribution in [2.45, 2.75) is 78.0 Å². The van der Waals surface area contributed by atoms with Crippen LogP contribution in [-0.2, 0) is 4.79 Å². The van der Waals surface area contributed by atoms with Crippen LogP contribution in [0.25, 0.3) is 0 Å². The number of rotatable bonds is 6. The molecule has 122 valence electrons. The lowest BCUT2D eigenvalue weighted by Gasteiger charge is -2.39. The summed E-state index contributed by atoms with van der Waals surface area (Å²) in [4.78, 5) is 17.5. The molecule has 0 radical (unpaired) electrons. The van der Waals surface area contributed by atoms with E-state index in [2.05, 4.69) is 42.8 Å². The lowest BCUT2D eigenvalue weighted by molar-refractivity contribution is -0.134. The first-order valence-corrected chi connectivity index (χ1v) is 8.89. The zero-order chi connectivity index (χ0) is 15.4. The standard InChI is InChI=1S/C17H33N3O/c1-5-7-15-18-16(13(3)4)17(21)20(15)14-8-11-19(10-6-2)12-9-14/h13-16,18H,5-12H2,1-4H3. The van der Waals surface area contributed by atoms with Crippen LogP contribution in [0, 0.1) is 5.92 Å². The molecule has 2 unspecified atom stereocenters. The zero-order valence-electron chi connectivity index (χ0n) is 14.3. The SMILES string of the molecule is CCCC1NC(C(C)C)C(=O)N1C1CCN(CCC)CC1. The van der Waals surface area contributed by atoms with Gasteiger partial charge in [0.15, 0.2) is 0 Å². The summed E-state index contributed by atoms with van der Waals surface area (Å²) in [6.07, 6.45) is 5.96. The van der Waals surface area contributed by atoms with Gasteiger partial charge in [-0.1, -0.05) is 34.1 Å². The van der Waals surface area contributed by atoms with Crippen molar-refractivity contribution >= 4 is 5.91 Å². The topological polar surface area (TPSA) is 35.6 Å². The van der Waals surface area contributed by atoms with E-state index < -0.39 is 0 Å². The molecule has 1 amide bonds. The van der Waals surface area contributed by atoms with Crippen LogP contribution in [0.2, 0.25) is 0 Å². The van der Waals surface area contributed by atoms with Gasteiger partial charge in [-0.05, 0) is 38.1 Å². The number of carbonyl (C=O) groups is 1. The second-order valence-corrected chi connectivity index (χ2v) is 7.01. The predicted molar refractivity (Wildman–Crippen MR) is 87.1 cm³/mol. The quantitative estimate of drug-likeness (QED) is 0.817. The van der Waals surface area contributed by atoms with Crippen LogP contribution in [0.1, 0.15) is 59.8 Å². The third-order valence-corrected chi connectivity index (χ3v) is 4.95. The Morgan fingerprint density at radius 2 is 1.86 bits per heavy atom. The Labute approximate surface area is 130 Å². The molecule has 0 aromatic rings. The van der Waals surface area contributed by atoms with E-state index in [-0.39, 0.29) is 12.2 Å². The fourth-order valence-corrected chi connectivity index (χ4v) is 3.82. The normalized spacial score (nSPS) is 28.8. The molecule has 1 N–H and O–H groups in total. The summed E-state index contributed by atoms with van der Waals surface area (Å²) in [7, 11) is 0. The second kappa shape index (κ2) is 7.59. The van der Waals surface area contributed by atoms with Gasteiger partial charge in [-0.15, -0.1) is 0 Å². The number of hydrogen-bond donors (Lipinski definition) is 1. The Hall–Kier alpha value is -0.610. The summed E-state index contributed by atoms with van der Waals surface area (Å²) in [6, 6.07) is 0.466. The van der Waals surface area contributed by atoms with E-state index in [1.165, 1.54) is 13.0 Å². The van der Waals surface area contributed by atoms with Crippen molar-refractivity contribution in [3.8, 4) is 0 Å². The smallest absolute Gasteiger partial charge is 0.241 e. The first-order valence-electron chi connectivity index (χ1n) is 8.89. The van der Waals surface area contributed by atoms with Gasteiger partial charge in [-0.2, -0.15) is 0 Å². The molecule has 0 bridgehead atoms. The number of hydrogen-bond acceptors (Lipinski definition) is 3. The molecule has 2 fully saturated rings. The van der Waals surface area contributed by atoms with Gasteiger partial charge >= 0.3 is 0 Å². The summed E-state index contributed by atoms with van der Waals surface area (Å²) >= 11 is 0. The Bertz CT molecular complexity index is 337.